The third-order valence-corrected chi connectivity index (χ3v) is 3.68. The van der Waals surface area contributed by atoms with Crippen molar-refractivity contribution in [3.8, 4) is 5.88 Å². The second-order valence-corrected chi connectivity index (χ2v) is 6.07. The molecule has 0 saturated carbocycles. The highest BCUT2D eigenvalue weighted by molar-refractivity contribution is 9.10. The van der Waals surface area contributed by atoms with Crippen LogP contribution in [0, 0.1) is 6.92 Å². The fourth-order valence-electron chi connectivity index (χ4n) is 1.93. The molecule has 100 valence electrons. The van der Waals surface area contributed by atoms with Gasteiger partial charge in [0, 0.05) is 29.8 Å². The average Bonchev–Trinajstić information content (AvgIpc) is 2.29. The van der Waals surface area contributed by atoms with Crippen molar-refractivity contribution in [1.82, 2.24) is 10.3 Å². The van der Waals surface area contributed by atoms with E-state index in [2.05, 4.69) is 40.1 Å². The van der Waals surface area contributed by atoms with Gasteiger partial charge in [0.05, 0.1) is 5.60 Å². The second-order valence-electron chi connectivity index (χ2n) is 5.21. The number of nitrogens with one attached hydrogen (secondary N) is 1. The van der Waals surface area contributed by atoms with E-state index in [1.165, 1.54) is 0 Å². The monoisotopic (exact) mass is 314 g/mol. The van der Waals surface area contributed by atoms with Crippen molar-refractivity contribution >= 4 is 15.9 Å². The average molecular weight is 315 g/mol. The zero-order chi connectivity index (χ0) is 13.2. The standard InChI is InChI=1S/C13H19BrN2O2/c1-9-4-12(16-6-11(9)14)17-7-10-5-15-8-13(2,3)18-10/h4,6,10,15H,5,7-8H2,1-3H3. The van der Waals surface area contributed by atoms with Gasteiger partial charge >= 0.3 is 0 Å². The minimum absolute atomic E-state index is 0.0690. The molecule has 4 nitrogen and oxygen atoms in total. The summed E-state index contributed by atoms with van der Waals surface area (Å²) in [5.74, 6) is 0.641. The SMILES string of the molecule is Cc1cc(OCC2CNCC(C)(C)O2)ncc1Br. The molecule has 1 unspecified atom stereocenters. The molecular weight excluding hydrogens is 296 g/mol. The summed E-state index contributed by atoms with van der Waals surface area (Å²) >= 11 is 3.42. The molecule has 0 amide bonds. The maximum atomic E-state index is 5.92. The zero-order valence-electron chi connectivity index (χ0n) is 11.0. The molecule has 0 aromatic carbocycles. The molecule has 1 aliphatic rings. The van der Waals surface area contributed by atoms with E-state index in [1.807, 2.05) is 13.0 Å². The van der Waals surface area contributed by atoms with Crippen molar-refractivity contribution in [2.75, 3.05) is 19.7 Å². The normalized spacial score (nSPS) is 22.8. The van der Waals surface area contributed by atoms with Crippen LogP contribution in [0.5, 0.6) is 5.88 Å². The topological polar surface area (TPSA) is 43.4 Å². The first-order chi connectivity index (χ1) is 8.46. The van der Waals surface area contributed by atoms with Crippen molar-refractivity contribution in [3.05, 3.63) is 22.3 Å². The van der Waals surface area contributed by atoms with Crippen LogP contribution in [0.25, 0.3) is 0 Å². The Morgan fingerprint density at radius 1 is 1.61 bits per heavy atom. The highest BCUT2D eigenvalue weighted by Gasteiger charge is 2.28. The Labute approximate surface area is 116 Å². The highest BCUT2D eigenvalue weighted by Crippen LogP contribution is 2.20. The summed E-state index contributed by atoms with van der Waals surface area (Å²) in [6, 6.07) is 1.92. The van der Waals surface area contributed by atoms with Crippen LogP contribution in [-0.2, 0) is 4.74 Å². The number of hydrogen-bond acceptors (Lipinski definition) is 4. The molecule has 1 fully saturated rings. The number of aryl methyl sites for hydroxylation is 1. The summed E-state index contributed by atoms with van der Waals surface area (Å²) in [4.78, 5) is 4.21. The van der Waals surface area contributed by atoms with Crippen LogP contribution in [0.1, 0.15) is 19.4 Å². The summed E-state index contributed by atoms with van der Waals surface area (Å²) in [6.45, 7) is 8.38. The van der Waals surface area contributed by atoms with Crippen LogP contribution >= 0.6 is 15.9 Å². The van der Waals surface area contributed by atoms with Gasteiger partial charge in [-0.3, -0.25) is 0 Å². The number of nitrogens with zero attached hydrogens (tertiary/aromatic N) is 1. The fourth-order valence-corrected chi connectivity index (χ4v) is 2.15. The molecule has 2 rings (SSSR count). The van der Waals surface area contributed by atoms with E-state index in [0.717, 1.165) is 23.1 Å². The van der Waals surface area contributed by atoms with E-state index in [-0.39, 0.29) is 11.7 Å². The predicted octanol–water partition coefficient (Wildman–Crippen LogP) is 2.30. The van der Waals surface area contributed by atoms with Gasteiger partial charge in [-0.2, -0.15) is 0 Å². The molecular formula is C13H19BrN2O2. The van der Waals surface area contributed by atoms with Crippen LogP contribution in [0.3, 0.4) is 0 Å². The molecule has 1 saturated heterocycles. The van der Waals surface area contributed by atoms with Crippen molar-refractivity contribution in [2.45, 2.75) is 32.5 Å². The van der Waals surface area contributed by atoms with E-state index >= 15 is 0 Å². The largest absolute Gasteiger partial charge is 0.475 e. The zero-order valence-corrected chi connectivity index (χ0v) is 12.6. The van der Waals surface area contributed by atoms with Crippen molar-refractivity contribution in [1.29, 1.82) is 0 Å². The molecule has 5 heteroatoms. The summed E-state index contributed by atoms with van der Waals surface area (Å²) in [6.07, 6.45) is 1.83. The van der Waals surface area contributed by atoms with E-state index in [9.17, 15) is 0 Å². The van der Waals surface area contributed by atoms with Crippen LogP contribution < -0.4 is 10.1 Å². The van der Waals surface area contributed by atoms with E-state index in [1.54, 1.807) is 6.20 Å². The lowest BCUT2D eigenvalue weighted by Crippen LogP contribution is -2.52. The van der Waals surface area contributed by atoms with Crippen LogP contribution in [0.4, 0.5) is 0 Å². The first kappa shape index (κ1) is 13.8. The van der Waals surface area contributed by atoms with Crippen LogP contribution in [0.15, 0.2) is 16.7 Å². The van der Waals surface area contributed by atoms with Crippen molar-refractivity contribution in [2.24, 2.45) is 0 Å². The Bertz CT molecular complexity index is 423. The highest BCUT2D eigenvalue weighted by atomic mass is 79.9. The first-order valence-corrected chi connectivity index (χ1v) is 6.89. The fraction of sp³-hybridized carbons (Fsp3) is 0.615. The van der Waals surface area contributed by atoms with Gasteiger partial charge in [-0.05, 0) is 42.3 Å². The predicted molar refractivity (Wildman–Crippen MR) is 74.0 cm³/mol. The number of morpholine rings is 1. The number of hydrogen-bond donors (Lipinski definition) is 1. The Morgan fingerprint density at radius 3 is 3.06 bits per heavy atom. The van der Waals surface area contributed by atoms with Gasteiger partial charge in [-0.25, -0.2) is 4.98 Å². The molecule has 0 spiro atoms. The maximum Gasteiger partial charge on any atom is 0.213 e. The van der Waals surface area contributed by atoms with Gasteiger partial charge in [-0.15, -0.1) is 0 Å². The van der Waals surface area contributed by atoms with Gasteiger partial charge in [0.1, 0.15) is 12.7 Å². The Kier molecular flexibility index (Phi) is 4.25. The number of aromatic nitrogens is 1. The molecule has 1 N–H and O–H groups in total. The lowest BCUT2D eigenvalue weighted by atomic mass is 10.1. The second kappa shape index (κ2) is 5.55. The van der Waals surface area contributed by atoms with Crippen molar-refractivity contribution in [3.63, 3.8) is 0 Å². The molecule has 0 bridgehead atoms. The third kappa shape index (κ3) is 3.67. The molecule has 1 aromatic rings. The lowest BCUT2D eigenvalue weighted by molar-refractivity contribution is -0.107. The molecule has 18 heavy (non-hydrogen) atoms. The smallest absolute Gasteiger partial charge is 0.213 e. The number of pyridine rings is 1. The minimum Gasteiger partial charge on any atom is -0.475 e. The van der Waals surface area contributed by atoms with Crippen LogP contribution in [0.2, 0.25) is 0 Å². The molecule has 1 aliphatic heterocycles. The van der Waals surface area contributed by atoms with E-state index in [4.69, 9.17) is 9.47 Å². The number of rotatable bonds is 3. The summed E-state index contributed by atoms with van der Waals surface area (Å²) in [5.41, 5.74) is 0.984. The molecule has 1 atom stereocenters. The Hall–Kier alpha value is -0.650. The van der Waals surface area contributed by atoms with Gasteiger partial charge < -0.3 is 14.8 Å². The van der Waals surface area contributed by atoms with E-state index < -0.39 is 0 Å². The molecule has 0 radical (unpaired) electrons. The number of halogens is 1. The van der Waals surface area contributed by atoms with Gasteiger partial charge in [-0.1, -0.05) is 0 Å². The third-order valence-electron chi connectivity index (χ3n) is 2.85. The molecule has 0 aliphatic carbocycles. The lowest BCUT2D eigenvalue weighted by Gasteiger charge is -2.36. The Morgan fingerprint density at radius 2 is 2.39 bits per heavy atom. The summed E-state index contributed by atoms with van der Waals surface area (Å²) in [7, 11) is 0. The quantitative estimate of drug-likeness (QED) is 0.929. The summed E-state index contributed by atoms with van der Waals surface area (Å²) in [5, 5.41) is 3.35. The minimum atomic E-state index is -0.130. The van der Waals surface area contributed by atoms with Gasteiger partial charge in [0.2, 0.25) is 5.88 Å². The Balaban J connectivity index is 1.89. The van der Waals surface area contributed by atoms with Crippen molar-refractivity contribution < 1.29 is 9.47 Å². The number of ether oxygens (including phenoxy) is 2. The summed E-state index contributed by atoms with van der Waals surface area (Å²) < 4.78 is 12.6. The van der Waals surface area contributed by atoms with Crippen LogP contribution in [-0.4, -0.2) is 36.4 Å². The maximum absolute atomic E-state index is 5.92. The van der Waals surface area contributed by atoms with E-state index in [0.29, 0.717) is 12.5 Å². The van der Waals surface area contributed by atoms with Gasteiger partial charge in [0.25, 0.3) is 0 Å². The first-order valence-electron chi connectivity index (χ1n) is 6.10. The molecule has 1 aromatic heterocycles. The molecule has 2 heterocycles. The van der Waals surface area contributed by atoms with Gasteiger partial charge in [0.15, 0.2) is 0 Å².